The van der Waals surface area contributed by atoms with Gasteiger partial charge >= 0.3 is 6.09 Å². The van der Waals surface area contributed by atoms with Crippen molar-refractivity contribution in [1.29, 1.82) is 0 Å². The quantitative estimate of drug-likeness (QED) is 0.194. The molecule has 0 aromatic heterocycles. The molecule has 0 saturated carbocycles. The van der Waals surface area contributed by atoms with E-state index in [-0.39, 0.29) is 37.3 Å². The lowest BCUT2D eigenvalue weighted by atomic mass is 9.92. The van der Waals surface area contributed by atoms with Gasteiger partial charge in [-0.05, 0) is 48.9 Å². The van der Waals surface area contributed by atoms with Crippen LogP contribution in [0.3, 0.4) is 0 Å². The molecule has 0 radical (unpaired) electrons. The van der Waals surface area contributed by atoms with Crippen molar-refractivity contribution < 1.29 is 24.2 Å². The van der Waals surface area contributed by atoms with Crippen LogP contribution in [-0.2, 0) is 27.5 Å². The van der Waals surface area contributed by atoms with E-state index in [4.69, 9.17) is 16.2 Å². The summed E-state index contributed by atoms with van der Waals surface area (Å²) < 4.78 is 5.44. The highest BCUT2D eigenvalue weighted by molar-refractivity contribution is 5.97. The molecule has 2 aromatic carbocycles. The minimum absolute atomic E-state index is 0.0183. The molecule has 1 aliphatic heterocycles. The number of nitrogens with one attached hydrogen (secondary N) is 1. The first kappa shape index (κ1) is 27.7. The SMILES string of the molecule is NC(N)=NCCC[C@H](CC(=O)[C@@H]1CCCN1C(=O)OCc1ccccc1)C(=O)Nc1ccc(CO)cc1. The Morgan fingerprint density at radius 1 is 1.08 bits per heavy atom. The van der Waals surface area contributed by atoms with Crippen molar-refractivity contribution in [2.75, 3.05) is 18.4 Å². The Labute approximate surface area is 216 Å². The summed E-state index contributed by atoms with van der Waals surface area (Å²) in [5.74, 6) is -1.13. The summed E-state index contributed by atoms with van der Waals surface area (Å²) in [6.45, 7) is 0.805. The number of ether oxygens (including phenoxy) is 1. The highest BCUT2D eigenvalue weighted by atomic mass is 16.6. The second-order valence-corrected chi connectivity index (χ2v) is 9.05. The Balaban J connectivity index is 1.63. The number of aliphatic imine (C=N–C) groups is 1. The van der Waals surface area contributed by atoms with Crippen LogP contribution in [0, 0.1) is 5.92 Å². The molecule has 0 bridgehead atoms. The molecular formula is C27H35N5O5. The van der Waals surface area contributed by atoms with Crippen LogP contribution in [0.15, 0.2) is 59.6 Å². The van der Waals surface area contributed by atoms with E-state index in [1.165, 1.54) is 4.90 Å². The third-order valence-electron chi connectivity index (χ3n) is 6.29. The Bertz CT molecular complexity index is 1070. The number of Topliss-reactive ketones (excluding diaryl/α,β-unsaturated/α-hetero) is 1. The van der Waals surface area contributed by atoms with Gasteiger partial charge in [0.15, 0.2) is 11.7 Å². The maximum atomic E-state index is 13.3. The number of benzene rings is 2. The molecule has 2 amide bonds. The third-order valence-corrected chi connectivity index (χ3v) is 6.29. The van der Waals surface area contributed by atoms with Gasteiger partial charge in [-0.15, -0.1) is 0 Å². The number of likely N-dealkylation sites (tertiary alicyclic amines) is 1. The number of amides is 2. The second-order valence-electron chi connectivity index (χ2n) is 9.05. The largest absolute Gasteiger partial charge is 0.445 e. The van der Waals surface area contributed by atoms with Gasteiger partial charge in [0.2, 0.25) is 5.91 Å². The number of carbonyl (C=O) groups is 3. The summed E-state index contributed by atoms with van der Waals surface area (Å²) >= 11 is 0. The predicted octanol–water partition coefficient (Wildman–Crippen LogP) is 2.55. The summed E-state index contributed by atoms with van der Waals surface area (Å²) in [4.78, 5) is 44.6. The van der Waals surface area contributed by atoms with Crippen LogP contribution in [0.5, 0.6) is 0 Å². The highest BCUT2D eigenvalue weighted by Crippen LogP contribution is 2.25. The van der Waals surface area contributed by atoms with Crippen molar-refractivity contribution in [3.63, 3.8) is 0 Å². The third kappa shape index (κ3) is 8.60. The molecule has 1 aliphatic rings. The average molecular weight is 510 g/mol. The molecule has 2 aromatic rings. The summed E-state index contributed by atoms with van der Waals surface area (Å²) in [5, 5.41) is 12.1. The van der Waals surface area contributed by atoms with E-state index < -0.39 is 18.1 Å². The zero-order valence-corrected chi connectivity index (χ0v) is 20.8. The highest BCUT2D eigenvalue weighted by Gasteiger charge is 2.36. The van der Waals surface area contributed by atoms with Gasteiger partial charge in [0.25, 0.3) is 0 Å². The Kier molecular flexibility index (Phi) is 10.5. The molecule has 37 heavy (non-hydrogen) atoms. The summed E-state index contributed by atoms with van der Waals surface area (Å²) in [6, 6.07) is 15.5. The maximum absolute atomic E-state index is 13.3. The summed E-state index contributed by atoms with van der Waals surface area (Å²) in [7, 11) is 0. The van der Waals surface area contributed by atoms with Gasteiger partial charge in [-0.2, -0.15) is 0 Å². The van der Waals surface area contributed by atoms with Crippen LogP contribution in [0.2, 0.25) is 0 Å². The molecule has 10 nitrogen and oxygen atoms in total. The molecule has 0 spiro atoms. The van der Waals surface area contributed by atoms with Gasteiger partial charge < -0.3 is 26.6 Å². The number of aliphatic hydroxyl groups excluding tert-OH is 1. The second kappa shape index (κ2) is 14.0. The number of hydrogen-bond donors (Lipinski definition) is 4. The molecule has 198 valence electrons. The fraction of sp³-hybridized carbons (Fsp3) is 0.407. The molecule has 6 N–H and O–H groups in total. The van der Waals surface area contributed by atoms with E-state index in [0.29, 0.717) is 44.5 Å². The molecule has 1 saturated heterocycles. The first-order chi connectivity index (χ1) is 17.9. The number of rotatable bonds is 12. The minimum Gasteiger partial charge on any atom is -0.445 e. The van der Waals surface area contributed by atoms with Gasteiger partial charge in [0, 0.05) is 31.1 Å². The monoisotopic (exact) mass is 509 g/mol. The van der Waals surface area contributed by atoms with Gasteiger partial charge in [-0.25, -0.2) is 4.79 Å². The summed E-state index contributed by atoms with van der Waals surface area (Å²) in [6.07, 6.45) is 1.58. The normalized spacial score (nSPS) is 15.6. The maximum Gasteiger partial charge on any atom is 0.410 e. The molecular weight excluding hydrogens is 474 g/mol. The Morgan fingerprint density at radius 3 is 2.49 bits per heavy atom. The number of hydrogen-bond acceptors (Lipinski definition) is 6. The number of nitrogens with zero attached hydrogens (tertiary/aromatic N) is 2. The van der Waals surface area contributed by atoms with Crippen LogP contribution in [-0.4, -0.2) is 52.9 Å². The molecule has 0 unspecified atom stereocenters. The van der Waals surface area contributed by atoms with Crippen molar-refractivity contribution in [2.45, 2.75) is 51.4 Å². The lowest BCUT2D eigenvalue weighted by Gasteiger charge is -2.25. The molecule has 1 heterocycles. The van der Waals surface area contributed by atoms with Crippen molar-refractivity contribution in [3.8, 4) is 0 Å². The Hall–Kier alpha value is -3.92. The first-order valence-corrected chi connectivity index (χ1v) is 12.4. The number of anilines is 1. The van der Waals surface area contributed by atoms with Crippen molar-refractivity contribution in [2.24, 2.45) is 22.4 Å². The van der Waals surface area contributed by atoms with Crippen LogP contribution < -0.4 is 16.8 Å². The zero-order valence-electron chi connectivity index (χ0n) is 20.8. The first-order valence-electron chi connectivity index (χ1n) is 12.4. The summed E-state index contributed by atoms with van der Waals surface area (Å²) in [5.41, 5.74) is 12.9. The zero-order chi connectivity index (χ0) is 26.6. The smallest absolute Gasteiger partial charge is 0.410 e. The van der Waals surface area contributed by atoms with Crippen LogP contribution in [0.1, 0.15) is 43.2 Å². The lowest BCUT2D eigenvalue weighted by Crippen LogP contribution is -2.42. The fourth-order valence-electron chi connectivity index (χ4n) is 4.31. The number of ketones is 1. The van der Waals surface area contributed by atoms with Gasteiger partial charge in [0.05, 0.1) is 12.6 Å². The van der Waals surface area contributed by atoms with E-state index in [1.54, 1.807) is 24.3 Å². The molecule has 0 aliphatic carbocycles. The van der Waals surface area contributed by atoms with Crippen molar-refractivity contribution in [3.05, 3.63) is 65.7 Å². The molecule has 1 fully saturated rings. The van der Waals surface area contributed by atoms with E-state index in [2.05, 4.69) is 10.3 Å². The number of nitrogens with two attached hydrogens (primary N) is 2. The van der Waals surface area contributed by atoms with Crippen LogP contribution >= 0.6 is 0 Å². The van der Waals surface area contributed by atoms with Crippen molar-refractivity contribution >= 4 is 29.4 Å². The molecule has 2 atom stereocenters. The van der Waals surface area contributed by atoms with E-state index >= 15 is 0 Å². The van der Waals surface area contributed by atoms with E-state index in [0.717, 1.165) is 11.1 Å². The van der Waals surface area contributed by atoms with Crippen LogP contribution in [0.4, 0.5) is 10.5 Å². The number of guanidine groups is 1. The lowest BCUT2D eigenvalue weighted by molar-refractivity contribution is -0.128. The standard InChI is InChI=1S/C27H35N5O5/c28-26(29)30-14-4-8-21(25(35)31-22-12-10-19(17-33)11-13-22)16-24(34)23-9-5-15-32(23)27(36)37-18-20-6-2-1-3-7-20/h1-3,6-7,10-13,21,23,33H,4-5,8-9,14-18H2,(H,31,35)(H4,28,29,30)/t21-,23+/m1/s1. The fourth-order valence-corrected chi connectivity index (χ4v) is 4.31. The Morgan fingerprint density at radius 2 is 1.81 bits per heavy atom. The van der Waals surface area contributed by atoms with E-state index in [1.807, 2.05) is 30.3 Å². The van der Waals surface area contributed by atoms with Crippen molar-refractivity contribution in [1.82, 2.24) is 4.90 Å². The van der Waals surface area contributed by atoms with E-state index in [9.17, 15) is 19.5 Å². The number of carbonyl (C=O) groups excluding carboxylic acids is 3. The van der Waals surface area contributed by atoms with Gasteiger partial charge in [-0.1, -0.05) is 42.5 Å². The molecule has 3 rings (SSSR count). The minimum atomic E-state index is -0.625. The van der Waals surface area contributed by atoms with Crippen LogP contribution in [0.25, 0.3) is 0 Å². The van der Waals surface area contributed by atoms with Gasteiger partial charge in [-0.3, -0.25) is 19.5 Å². The average Bonchev–Trinajstić information content (AvgIpc) is 3.40. The predicted molar refractivity (Wildman–Crippen MR) is 140 cm³/mol. The molecule has 10 heteroatoms. The number of aliphatic hydroxyl groups is 1. The van der Waals surface area contributed by atoms with Gasteiger partial charge in [0.1, 0.15) is 6.61 Å². The topological polar surface area (TPSA) is 160 Å².